The van der Waals surface area contributed by atoms with Crippen LogP contribution >= 0.6 is 0 Å². The van der Waals surface area contributed by atoms with Gasteiger partial charge in [0.15, 0.2) is 5.75 Å². The van der Waals surface area contributed by atoms with Crippen molar-refractivity contribution in [1.82, 2.24) is 10.3 Å². The lowest BCUT2D eigenvalue weighted by atomic mass is 10.2. The number of phenolic OH excluding ortho intramolecular Hbond substituents is 1. The van der Waals surface area contributed by atoms with Crippen LogP contribution in [0.3, 0.4) is 0 Å². The number of nitrogens with one attached hydrogen (secondary N) is 2. The molecule has 23 heavy (non-hydrogen) atoms. The van der Waals surface area contributed by atoms with Crippen molar-refractivity contribution in [3.05, 3.63) is 58.3 Å². The summed E-state index contributed by atoms with van der Waals surface area (Å²) in [4.78, 5) is 14.4. The molecule has 0 aliphatic rings. The summed E-state index contributed by atoms with van der Waals surface area (Å²) in [5.74, 6) is 0.566. The predicted molar refractivity (Wildman–Crippen MR) is 88.4 cm³/mol. The van der Waals surface area contributed by atoms with Crippen molar-refractivity contribution in [3.8, 4) is 5.75 Å². The maximum Gasteiger partial charge on any atom is 0.311 e. The molecule has 2 aromatic rings. The van der Waals surface area contributed by atoms with Crippen LogP contribution in [0.4, 0.5) is 11.5 Å². The monoisotopic (exact) mass is 316 g/mol. The fraction of sp³-hybridized carbons (Fsp3) is 0.312. The topological polar surface area (TPSA) is 100 Å². The number of anilines is 1. The number of hydrogen-bond donors (Lipinski definition) is 3. The SMILES string of the molecule is O=[N+]([O-])c1cc(CNCCCCNc2ccccn2)ccc1O. The van der Waals surface area contributed by atoms with Gasteiger partial charge in [-0.2, -0.15) is 0 Å². The predicted octanol–water partition coefficient (Wildman–Crippen LogP) is 2.68. The van der Waals surface area contributed by atoms with Gasteiger partial charge in [0.2, 0.25) is 0 Å². The number of pyridine rings is 1. The van der Waals surface area contributed by atoms with E-state index in [1.54, 1.807) is 12.3 Å². The highest BCUT2D eigenvalue weighted by Crippen LogP contribution is 2.26. The zero-order valence-electron chi connectivity index (χ0n) is 12.7. The molecular weight excluding hydrogens is 296 g/mol. The third kappa shape index (κ3) is 5.55. The maximum absolute atomic E-state index is 10.8. The maximum atomic E-state index is 10.8. The minimum absolute atomic E-state index is 0.260. The fourth-order valence-electron chi connectivity index (χ4n) is 2.12. The molecule has 0 saturated heterocycles. The Bertz CT molecular complexity index is 634. The van der Waals surface area contributed by atoms with Crippen LogP contribution in [-0.2, 0) is 6.54 Å². The Morgan fingerprint density at radius 1 is 1.17 bits per heavy atom. The van der Waals surface area contributed by atoms with E-state index >= 15 is 0 Å². The normalized spacial score (nSPS) is 10.4. The van der Waals surface area contributed by atoms with Gasteiger partial charge in [-0.05, 0) is 43.1 Å². The number of aromatic nitrogens is 1. The Morgan fingerprint density at radius 3 is 2.74 bits per heavy atom. The molecule has 122 valence electrons. The Morgan fingerprint density at radius 2 is 2.00 bits per heavy atom. The smallest absolute Gasteiger partial charge is 0.311 e. The lowest BCUT2D eigenvalue weighted by molar-refractivity contribution is -0.385. The van der Waals surface area contributed by atoms with Crippen LogP contribution in [0.5, 0.6) is 5.75 Å². The first-order valence-electron chi connectivity index (χ1n) is 7.49. The summed E-state index contributed by atoms with van der Waals surface area (Å²) in [5, 5.41) is 26.6. The van der Waals surface area contributed by atoms with Gasteiger partial charge in [-0.1, -0.05) is 12.1 Å². The van der Waals surface area contributed by atoms with Gasteiger partial charge in [-0.15, -0.1) is 0 Å². The number of phenols is 1. The van der Waals surface area contributed by atoms with Crippen LogP contribution in [0.2, 0.25) is 0 Å². The molecule has 3 N–H and O–H groups in total. The molecule has 7 heteroatoms. The summed E-state index contributed by atoms with van der Waals surface area (Å²) in [6, 6.07) is 10.2. The van der Waals surface area contributed by atoms with Crippen LogP contribution in [0, 0.1) is 10.1 Å². The van der Waals surface area contributed by atoms with Crippen molar-refractivity contribution in [2.24, 2.45) is 0 Å². The molecule has 0 unspecified atom stereocenters. The second kappa shape index (κ2) is 8.70. The molecule has 0 saturated carbocycles. The summed E-state index contributed by atoms with van der Waals surface area (Å²) < 4.78 is 0. The van der Waals surface area contributed by atoms with Gasteiger partial charge in [-0.3, -0.25) is 10.1 Å². The van der Waals surface area contributed by atoms with Crippen LogP contribution < -0.4 is 10.6 Å². The van der Waals surface area contributed by atoms with Gasteiger partial charge < -0.3 is 15.7 Å². The largest absolute Gasteiger partial charge is 0.502 e. The molecule has 7 nitrogen and oxygen atoms in total. The highest BCUT2D eigenvalue weighted by molar-refractivity contribution is 5.47. The standard InChI is InChI=1S/C16H20N4O3/c21-15-7-6-13(11-14(15)20(22)23)12-17-8-3-4-10-19-16-5-1-2-9-18-16/h1-2,5-7,9,11,17,21H,3-4,8,10,12H2,(H,18,19). The van der Waals surface area contributed by atoms with E-state index in [-0.39, 0.29) is 11.4 Å². The lowest BCUT2D eigenvalue weighted by Gasteiger charge is -2.07. The van der Waals surface area contributed by atoms with Crippen LogP contribution in [0.25, 0.3) is 0 Å². The number of nitrogens with zero attached hydrogens (tertiary/aromatic N) is 2. The number of nitro groups is 1. The Hall–Kier alpha value is -2.67. The number of unbranched alkanes of at least 4 members (excludes halogenated alkanes) is 1. The van der Waals surface area contributed by atoms with Gasteiger partial charge in [-0.25, -0.2) is 4.98 Å². The van der Waals surface area contributed by atoms with Crippen LogP contribution in [0.1, 0.15) is 18.4 Å². The molecule has 0 atom stereocenters. The molecule has 1 heterocycles. The summed E-state index contributed by atoms with van der Waals surface area (Å²) in [7, 11) is 0. The van der Waals surface area contributed by atoms with E-state index in [1.165, 1.54) is 12.1 Å². The Labute approximate surface area is 134 Å². The number of benzene rings is 1. The second-order valence-electron chi connectivity index (χ2n) is 5.11. The summed E-state index contributed by atoms with van der Waals surface area (Å²) in [6.45, 7) is 2.21. The zero-order chi connectivity index (χ0) is 16.5. The molecule has 0 radical (unpaired) electrons. The van der Waals surface area contributed by atoms with Gasteiger partial charge in [0.05, 0.1) is 4.92 Å². The summed E-state index contributed by atoms with van der Waals surface area (Å²) in [5.41, 5.74) is 0.518. The minimum Gasteiger partial charge on any atom is -0.502 e. The first-order valence-corrected chi connectivity index (χ1v) is 7.49. The third-order valence-corrected chi connectivity index (χ3v) is 3.32. The first kappa shape index (κ1) is 16.7. The zero-order valence-corrected chi connectivity index (χ0v) is 12.7. The van der Waals surface area contributed by atoms with E-state index in [0.29, 0.717) is 6.54 Å². The average Bonchev–Trinajstić information content (AvgIpc) is 2.56. The van der Waals surface area contributed by atoms with Crippen LogP contribution in [-0.4, -0.2) is 28.1 Å². The molecule has 0 aliphatic heterocycles. The molecular formula is C16H20N4O3. The lowest BCUT2D eigenvalue weighted by Crippen LogP contribution is -2.16. The summed E-state index contributed by atoms with van der Waals surface area (Å²) in [6.07, 6.45) is 3.74. The van der Waals surface area contributed by atoms with E-state index < -0.39 is 4.92 Å². The molecule has 0 amide bonds. The molecule has 0 bridgehead atoms. The number of rotatable bonds is 9. The Kier molecular flexibility index (Phi) is 6.31. The van der Waals surface area contributed by atoms with Gasteiger partial charge in [0.1, 0.15) is 5.82 Å². The van der Waals surface area contributed by atoms with Gasteiger partial charge in [0, 0.05) is 25.4 Å². The van der Waals surface area contributed by atoms with Crippen molar-refractivity contribution in [2.45, 2.75) is 19.4 Å². The van der Waals surface area contributed by atoms with E-state index in [0.717, 1.165) is 37.3 Å². The van der Waals surface area contributed by atoms with E-state index in [1.807, 2.05) is 18.2 Å². The van der Waals surface area contributed by atoms with E-state index in [4.69, 9.17) is 0 Å². The van der Waals surface area contributed by atoms with Crippen molar-refractivity contribution >= 4 is 11.5 Å². The van der Waals surface area contributed by atoms with Gasteiger partial charge >= 0.3 is 5.69 Å². The molecule has 1 aromatic carbocycles. The number of nitro benzene ring substituents is 1. The number of hydrogen-bond acceptors (Lipinski definition) is 6. The molecule has 0 aliphatic carbocycles. The van der Waals surface area contributed by atoms with Crippen molar-refractivity contribution < 1.29 is 10.0 Å². The van der Waals surface area contributed by atoms with Crippen LogP contribution in [0.15, 0.2) is 42.6 Å². The summed E-state index contributed by atoms with van der Waals surface area (Å²) >= 11 is 0. The minimum atomic E-state index is -0.581. The molecule has 0 spiro atoms. The van der Waals surface area contributed by atoms with Crippen molar-refractivity contribution in [3.63, 3.8) is 0 Å². The van der Waals surface area contributed by atoms with E-state index in [2.05, 4.69) is 15.6 Å². The fourth-order valence-corrected chi connectivity index (χ4v) is 2.12. The van der Waals surface area contributed by atoms with Crippen molar-refractivity contribution in [2.75, 3.05) is 18.4 Å². The second-order valence-corrected chi connectivity index (χ2v) is 5.11. The molecule has 1 aromatic heterocycles. The third-order valence-electron chi connectivity index (χ3n) is 3.32. The molecule has 0 fully saturated rings. The highest BCUT2D eigenvalue weighted by Gasteiger charge is 2.13. The quantitative estimate of drug-likeness (QED) is 0.373. The van der Waals surface area contributed by atoms with Crippen molar-refractivity contribution in [1.29, 1.82) is 0 Å². The number of aromatic hydroxyl groups is 1. The molecule has 2 rings (SSSR count). The average molecular weight is 316 g/mol. The highest BCUT2D eigenvalue weighted by atomic mass is 16.6. The Balaban J connectivity index is 1.62. The van der Waals surface area contributed by atoms with Gasteiger partial charge in [0.25, 0.3) is 0 Å². The van der Waals surface area contributed by atoms with E-state index in [9.17, 15) is 15.2 Å². The first-order chi connectivity index (χ1) is 11.2.